The molecule has 2 aromatic carbocycles. The molecule has 3 rings (SSSR count). The molecule has 4 nitrogen and oxygen atoms in total. The first kappa shape index (κ1) is 18.7. The molecular formula is C21H26ClN2O2+. The molecule has 5 heteroatoms. The number of nitrogens with zero attached hydrogens (tertiary/aromatic N) is 1. The van der Waals surface area contributed by atoms with Gasteiger partial charge in [0.05, 0.1) is 13.1 Å². The summed E-state index contributed by atoms with van der Waals surface area (Å²) in [5.41, 5.74) is 2.08. The summed E-state index contributed by atoms with van der Waals surface area (Å²) in [6, 6.07) is 17.5. The van der Waals surface area contributed by atoms with Crippen LogP contribution in [0.3, 0.4) is 0 Å². The number of amides is 1. The van der Waals surface area contributed by atoms with E-state index < -0.39 is 0 Å². The molecule has 0 spiro atoms. The third-order valence-corrected chi connectivity index (χ3v) is 5.26. The molecule has 0 aromatic heterocycles. The Labute approximate surface area is 160 Å². The monoisotopic (exact) mass is 373 g/mol. The Bertz CT molecular complexity index is 700. The predicted molar refractivity (Wildman–Crippen MR) is 103 cm³/mol. The lowest BCUT2D eigenvalue weighted by molar-refractivity contribution is -0.890. The number of likely N-dealkylation sites (N-methyl/N-ethyl adjacent to an activating group) is 1. The van der Waals surface area contributed by atoms with Gasteiger partial charge < -0.3 is 9.64 Å². The van der Waals surface area contributed by atoms with E-state index in [4.69, 9.17) is 16.3 Å². The number of ether oxygens (including phenoxy) is 1. The molecule has 1 heterocycles. The van der Waals surface area contributed by atoms with Crippen molar-refractivity contribution in [3.05, 3.63) is 70.7 Å². The van der Waals surface area contributed by atoms with Crippen LogP contribution in [0.25, 0.3) is 0 Å². The zero-order valence-electron chi connectivity index (χ0n) is 15.2. The van der Waals surface area contributed by atoms with Crippen LogP contribution in [0, 0.1) is 0 Å². The molecule has 1 aliphatic rings. The highest BCUT2D eigenvalue weighted by atomic mass is 35.5. The van der Waals surface area contributed by atoms with Gasteiger partial charge in [0.25, 0.3) is 0 Å². The highest BCUT2D eigenvalue weighted by Crippen LogP contribution is 2.21. The van der Waals surface area contributed by atoms with Gasteiger partial charge in [-0.15, -0.1) is 0 Å². The van der Waals surface area contributed by atoms with Crippen LogP contribution in [-0.2, 0) is 11.3 Å². The van der Waals surface area contributed by atoms with E-state index in [1.165, 1.54) is 17.7 Å². The highest BCUT2D eigenvalue weighted by Gasteiger charge is 2.28. The number of hydrogen-bond donors (Lipinski definition) is 1. The molecular weight excluding hydrogens is 348 g/mol. The minimum absolute atomic E-state index is 0.0244. The Morgan fingerprint density at radius 2 is 1.77 bits per heavy atom. The van der Waals surface area contributed by atoms with Crippen molar-refractivity contribution >= 4 is 17.7 Å². The molecule has 1 atom stereocenters. The fourth-order valence-corrected chi connectivity index (χ4v) is 3.59. The normalized spacial score (nSPS) is 15.6. The quantitative estimate of drug-likeness (QED) is 0.842. The van der Waals surface area contributed by atoms with Crippen molar-refractivity contribution in [3.8, 4) is 0 Å². The number of carbonyl (C=O) groups excluding carboxylic acids is 1. The maximum absolute atomic E-state index is 12.6. The Morgan fingerprint density at radius 1 is 1.12 bits per heavy atom. The van der Waals surface area contributed by atoms with Gasteiger partial charge in [-0.05, 0) is 23.3 Å². The van der Waals surface area contributed by atoms with Crippen LogP contribution in [0.15, 0.2) is 54.6 Å². The minimum atomic E-state index is -0.299. The number of rotatable bonds is 6. The van der Waals surface area contributed by atoms with Crippen molar-refractivity contribution < 1.29 is 14.4 Å². The van der Waals surface area contributed by atoms with E-state index in [-0.39, 0.29) is 18.7 Å². The first-order valence-electron chi connectivity index (χ1n) is 9.16. The predicted octanol–water partition coefficient (Wildman–Crippen LogP) is 3.33. The lowest BCUT2D eigenvalue weighted by Gasteiger charge is -2.29. The van der Waals surface area contributed by atoms with Crippen molar-refractivity contribution in [1.29, 1.82) is 0 Å². The average molecular weight is 374 g/mol. The van der Waals surface area contributed by atoms with Crippen LogP contribution in [0.4, 0.5) is 4.79 Å². The third kappa shape index (κ3) is 4.99. The van der Waals surface area contributed by atoms with Crippen molar-refractivity contribution in [1.82, 2.24) is 4.90 Å². The maximum atomic E-state index is 12.6. The van der Waals surface area contributed by atoms with E-state index in [9.17, 15) is 4.79 Å². The van der Waals surface area contributed by atoms with Crippen LogP contribution in [0.2, 0.25) is 5.02 Å². The minimum Gasteiger partial charge on any atom is -0.445 e. The van der Waals surface area contributed by atoms with Crippen molar-refractivity contribution in [2.45, 2.75) is 25.5 Å². The summed E-state index contributed by atoms with van der Waals surface area (Å²) in [7, 11) is 1.82. The van der Waals surface area contributed by atoms with E-state index in [1.807, 2.05) is 61.6 Å². The molecule has 0 unspecified atom stereocenters. The van der Waals surface area contributed by atoms with Crippen LogP contribution in [0.1, 0.15) is 30.0 Å². The van der Waals surface area contributed by atoms with Gasteiger partial charge in [-0.3, -0.25) is 4.90 Å². The van der Waals surface area contributed by atoms with E-state index in [0.29, 0.717) is 5.02 Å². The number of benzene rings is 2. The molecule has 2 aromatic rings. The van der Waals surface area contributed by atoms with E-state index in [2.05, 4.69) is 0 Å². The molecule has 0 bridgehead atoms. The van der Waals surface area contributed by atoms with E-state index >= 15 is 0 Å². The van der Waals surface area contributed by atoms with Crippen LogP contribution >= 0.6 is 11.6 Å². The van der Waals surface area contributed by atoms with Gasteiger partial charge in [0.15, 0.2) is 0 Å². The van der Waals surface area contributed by atoms with Gasteiger partial charge in [0.2, 0.25) is 0 Å². The van der Waals surface area contributed by atoms with Crippen LogP contribution < -0.4 is 4.90 Å². The fourth-order valence-electron chi connectivity index (χ4n) is 3.46. The number of halogens is 1. The molecule has 138 valence electrons. The Balaban J connectivity index is 1.69. The van der Waals surface area contributed by atoms with Crippen molar-refractivity contribution in [2.24, 2.45) is 0 Å². The molecule has 1 aliphatic heterocycles. The summed E-state index contributed by atoms with van der Waals surface area (Å²) in [5.74, 6) is 0. The maximum Gasteiger partial charge on any atom is 0.410 e. The number of nitrogens with one attached hydrogen (secondary N) is 1. The van der Waals surface area contributed by atoms with Gasteiger partial charge >= 0.3 is 6.09 Å². The van der Waals surface area contributed by atoms with Crippen LogP contribution in [0.5, 0.6) is 0 Å². The topological polar surface area (TPSA) is 34.0 Å². The van der Waals surface area contributed by atoms with Crippen molar-refractivity contribution in [3.63, 3.8) is 0 Å². The fraction of sp³-hybridized carbons (Fsp3) is 0.381. The average Bonchev–Trinajstić information content (AvgIpc) is 3.18. The SMILES string of the molecule is CN(C(=O)OCc1ccccc1)[C@@H](C[NH+]1CCCC1)c1ccc(Cl)cc1. The summed E-state index contributed by atoms with van der Waals surface area (Å²) in [4.78, 5) is 15.9. The zero-order chi connectivity index (χ0) is 18.4. The Hall–Kier alpha value is -2.04. The second-order valence-corrected chi connectivity index (χ2v) is 7.32. The van der Waals surface area contributed by atoms with E-state index in [0.717, 1.165) is 30.8 Å². The smallest absolute Gasteiger partial charge is 0.410 e. The second kappa shape index (κ2) is 9.06. The molecule has 0 radical (unpaired) electrons. The number of likely N-dealkylation sites (tertiary alicyclic amines) is 1. The first-order chi connectivity index (χ1) is 12.6. The lowest BCUT2D eigenvalue weighted by Crippen LogP contribution is -3.10. The van der Waals surface area contributed by atoms with Crippen LogP contribution in [-0.4, -0.2) is 37.7 Å². The summed E-state index contributed by atoms with van der Waals surface area (Å²) in [5, 5.41) is 0.704. The highest BCUT2D eigenvalue weighted by molar-refractivity contribution is 6.30. The number of hydrogen-bond acceptors (Lipinski definition) is 2. The molecule has 1 saturated heterocycles. The summed E-state index contributed by atoms with van der Waals surface area (Å²) < 4.78 is 5.53. The van der Waals surface area contributed by atoms with Gasteiger partial charge in [-0.2, -0.15) is 0 Å². The molecule has 1 amide bonds. The largest absolute Gasteiger partial charge is 0.445 e. The van der Waals surface area contributed by atoms with Crippen molar-refractivity contribution in [2.75, 3.05) is 26.7 Å². The summed E-state index contributed by atoms with van der Waals surface area (Å²) >= 11 is 6.04. The third-order valence-electron chi connectivity index (χ3n) is 5.01. The second-order valence-electron chi connectivity index (χ2n) is 6.88. The van der Waals surface area contributed by atoms with E-state index in [1.54, 1.807) is 4.90 Å². The molecule has 0 saturated carbocycles. The first-order valence-corrected chi connectivity index (χ1v) is 9.54. The number of quaternary nitrogens is 1. The molecule has 1 N–H and O–H groups in total. The summed E-state index contributed by atoms with van der Waals surface area (Å²) in [6.07, 6.45) is 2.21. The zero-order valence-corrected chi connectivity index (χ0v) is 15.9. The number of carbonyl (C=O) groups is 1. The standard InChI is InChI=1S/C21H25ClN2O2/c1-23(21(25)26-16-17-7-3-2-4-8-17)20(15-24-13-5-6-14-24)18-9-11-19(22)12-10-18/h2-4,7-12,20H,5-6,13-16H2,1H3/p+1/t20-/m0/s1. The summed E-state index contributed by atoms with van der Waals surface area (Å²) in [6.45, 7) is 3.50. The molecule has 0 aliphatic carbocycles. The van der Waals surface area contributed by atoms with Gasteiger partial charge in [-0.1, -0.05) is 54.1 Å². The lowest BCUT2D eigenvalue weighted by atomic mass is 10.1. The molecule has 1 fully saturated rings. The van der Waals surface area contributed by atoms with Gasteiger partial charge in [0, 0.05) is 24.9 Å². The Morgan fingerprint density at radius 3 is 2.42 bits per heavy atom. The Kier molecular flexibility index (Phi) is 6.53. The van der Waals surface area contributed by atoms with Gasteiger partial charge in [0.1, 0.15) is 19.2 Å². The molecule has 26 heavy (non-hydrogen) atoms. The van der Waals surface area contributed by atoms with Gasteiger partial charge in [-0.25, -0.2) is 4.79 Å².